The standard InChI is InChI=1S/C20H20BrN5OS/c1-20(2,3)19-25-24-17-13(10-12(21)11-26(17)19)18(27)22-9-8-16-23-14-6-4-5-7-15(14)28-16/h4-7,10-11H,8-9H2,1-3H3,(H,22,27). The largest absolute Gasteiger partial charge is 0.351 e. The molecule has 6 nitrogen and oxygen atoms in total. The van der Waals surface area contributed by atoms with Crippen molar-refractivity contribution >= 4 is 49.0 Å². The molecule has 0 aliphatic rings. The number of halogens is 1. The van der Waals surface area contributed by atoms with Crippen LogP contribution in [0.5, 0.6) is 0 Å². The number of nitrogens with one attached hydrogen (secondary N) is 1. The van der Waals surface area contributed by atoms with Crippen LogP contribution in [0, 0.1) is 0 Å². The van der Waals surface area contributed by atoms with Gasteiger partial charge in [-0.1, -0.05) is 32.9 Å². The average Bonchev–Trinajstić information content (AvgIpc) is 3.23. The summed E-state index contributed by atoms with van der Waals surface area (Å²) in [5, 5.41) is 12.6. The van der Waals surface area contributed by atoms with E-state index in [0.717, 1.165) is 25.5 Å². The van der Waals surface area contributed by atoms with Gasteiger partial charge in [0.05, 0.1) is 20.8 Å². The van der Waals surface area contributed by atoms with Crippen molar-refractivity contribution in [2.24, 2.45) is 0 Å². The molecule has 0 saturated carbocycles. The molecule has 0 unspecified atom stereocenters. The minimum Gasteiger partial charge on any atom is -0.351 e. The van der Waals surface area contributed by atoms with E-state index in [1.165, 1.54) is 0 Å². The predicted octanol–water partition coefficient (Wildman–Crippen LogP) is 4.37. The fourth-order valence-electron chi connectivity index (χ4n) is 3.04. The maximum atomic E-state index is 12.8. The molecule has 0 aliphatic heterocycles. The number of amides is 1. The van der Waals surface area contributed by atoms with Crippen molar-refractivity contribution in [2.45, 2.75) is 32.6 Å². The number of rotatable bonds is 4. The Morgan fingerprint density at radius 2 is 2.04 bits per heavy atom. The van der Waals surface area contributed by atoms with Crippen LogP contribution in [-0.4, -0.2) is 32.0 Å². The number of nitrogens with zero attached hydrogens (tertiary/aromatic N) is 4. The zero-order chi connectivity index (χ0) is 19.9. The number of thiazole rings is 1. The van der Waals surface area contributed by atoms with E-state index in [2.05, 4.69) is 63.3 Å². The van der Waals surface area contributed by atoms with Crippen LogP contribution in [-0.2, 0) is 11.8 Å². The maximum absolute atomic E-state index is 12.8. The smallest absolute Gasteiger partial charge is 0.255 e. The topological polar surface area (TPSA) is 72.2 Å². The molecule has 1 N–H and O–H groups in total. The molecule has 0 atom stereocenters. The lowest BCUT2D eigenvalue weighted by Gasteiger charge is -2.16. The second-order valence-electron chi connectivity index (χ2n) is 7.62. The van der Waals surface area contributed by atoms with E-state index in [9.17, 15) is 4.79 Å². The molecule has 0 fully saturated rings. The first-order chi connectivity index (χ1) is 13.3. The molecule has 0 spiro atoms. The normalized spacial score (nSPS) is 12.0. The highest BCUT2D eigenvalue weighted by Gasteiger charge is 2.23. The van der Waals surface area contributed by atoms with Crippen molar-refractivity contribution in [1.29, 1.82) is 0 Å². The number of benzene rings is 1. The third-order valence-corrected chi connectivity index (χ3v) is 5.88. The van der Waals surface area contributed by atoms with Crippen molar-refractivity contribution in [3.8, 4) is 0 Å². The molecule has 0 bridgehead atoms. The first kappa shape index (κ1) is 19.0. The summed E-state index contributed by atoms with van der Waals surface area (Å²) in [7, 11) is 0. The maximum Gasteiger partial charge on any atom is 0.255 e. The van der Waals surface area contributed by atoms with Crippen molar-refractivity contribution in [3.63, 3.8) is 0 Å². The van der Waals surface area contributed by atoms with Gasteiger partial charge in [-0.25, -0.2) is 4.98 Å². The van der Waals surface area contributed by atoms with Crippen LogP contribution >= 0.6 is 27.3 Å². The minimum absolute atomic E-state index is 0.166. The fourth-order valence-corrected chi connectivity index (χ4v) is 4.44. The van der Waals surface area contributed by atoms with Crippen LogP contribution in [0.2, 0.25) is 0 Å². The third-order valence-electron chi connectivity index (χ3n) is 4.35. The van der Waals surface area contributed by atoms with Gasteiger partial charge in [-0.05, 0) is 34.1 Å². The summed E-state index contributed by atoms with van der Waals surface area (Å²) >= 11 is 5.16. The molecule has 3 aromatic heterocycles. The highest BCUT2D eigenvalue weighted by Crippen LogP contribution is 2.25. The summed E-state index contributed by atoms with van der Waals surface area (Å²) < 4.78 is 3.85. The Kier molecular flexibility index (Phi) is 4.93. The summed E-state index contributed by atoms with van der Waals surface area (Å²) in [6.45, 7) is 6.73. The van der Waals surface area contributed by atoms with Crippen molar-refractivity contribution < 1.29 is 4.79 Å². The zero-order valence-corrected chi connectivity index (χ0v) is 18.3. The van der Waals surface area contributed by atoms with Gasteiger partial charge in [-0.15, -0.1) is 21.5 Å². The summed E-state index contributed by atoms with van der Waals surface area (Å²) in [4.78, 5) is 17.4. The first-order valence-corrected chi connectivity index (χ1v) is 10.6. The summed E-state index contributed by atoms with van der Waals surface area (Å²) in [5.74, 6) is 0.646. The quantitative estimate of drug-likeness (QED) is 0.493. The van der Waals surface area contributed by atoms with Crippen LogP contribution in [0.3, 0.4) is 0 Å². The SMILES string of the molecule is CC(C)(C)c1nnc2c(C(=O)NCCc3nc4ccccc4s3)cc(Br)cn12. The van der Waals surface area contributed by atoms with Gasteiger partial charge in [0.25, 0.3) is 5.91 Å². The van der Waals surface area contributed by atoms with Gasteiger partial charge in [0, 0.05) is 29.1 Å². The van der Waals surface area contributed by atoms with Gasteiger partial charge in [-0.2, -0.15) is 0 Å². The minimum atomic E-state index is -0.180. The van der Waals surface area contributed by atoms with E-state index in [-0.39, 0.29) is 11.3 Å². The molecule has 1 aromatic carbocycles. The van der Waals surface area contributed by atoms with Crippen molar-refractivity contribution in [1.82, 2.24) is 24.9 Å². The van der Waals surface area contributed by atoms with Gasteiger partial charge in [0.1, 0.15) is 5.82 Å². The second kappa shape index (κ2) is 7.25. The van der Waals surface area contributed by atoms with Crippen molar-refractivity contribution in [3.05, 3.63) is 57.4 Å². The fraction of sp³-hybridized carbons (Fsp3) is 0.300. The number of hydrogen-bond donors (Lipinski definition) is 1. The second-order valence-corrected chi connectivity index (χ2v) is 9.65. The number of hydrogen-bond acceptors (Lipinski definition) is 5. The summed E-state index contributed by atoms with van der Waals surface area (Å²) in [6.07, 6.45) is 2.59. The molecule has 4 aromatic rings. The Labute approximate surface area is 175 Å². The van der Waals surface area contributed by atoms with E-state index in [4.69, 9.17) is 0 Å². The van der Waals surface area contributed by atoms with Crippen LogP contribution in [0.1, 0.15) is 42.0 Å². The molecule has 1 amide bonds. The van der Waals surface area contributed by atoms with Crippen LogP contribution < -0.4 is 5.32 Å². The van der Waals surface area contributed by atoms with Gasteiger partial charge in [0.2, 0.25) is 0 Å². The van der Waals surface area contributed by atoms with Crippen LogP contribution in [0.25, 0.3) is 15.9 Å². The Hall–Kier alpha value is -2.32. The number of fused-ring (bicyclic) bond motifs is 2. The third kappa shape index (κ3) is 3.66. The lowest BCUT2D eigenvalue weighted by Crippen LogP contribution is -2.26. The first-order valence-electron chi connectivity index (χ1n) is 9.00. The Morgan fingerprint density at radius 3 is 2.79 bits per heavy atom. The van der Waals surface area contributed by atoms with Gasteiger partial charge >= 0.3 is 0 Å². The molecule has 4 rings (SSSR count). The van der Waals surface area contributed by atoms with Gasteiger partial charge in [0.15, 0.2) is 5.65 Å². The lowest BCUT2D eigenvalue weighted by atomic mass is 9.96. The van der Waals surface area contributed by atoms with Crippen molar-refractivity contribution in [2.75, 3.05) is 6.54 Å². The number of aromatic nitrogens is 4. The highest BCUT2D eigenvalue weighted by atomic mass is 79.9. The summed E-state index contributed by atoms with van der Waals surface area (Å²) in [6, 6.07) is 9.84. The van der Waals surface area contributed by atoms with E-state index < -0.39 is 0 Å². The molecule has 28 heavy (non-hydrogen) atoms. The molecule has 3 heterocycles. The average molecular weight is 458 g/mol. The molecular weight excluding hydrogens is 438 g/mol. The number of carbonyl (C=O) groups excluding carboxylic acids is 1. The summed E-state index contributed by atoms with van der Waals surface area (Å²) in [5.41, 5.74) is 1.88. The lowest BCUT2D eigenvalue weighted by molar-refractivity contribution is 0.0955. The van der Waals surface area contributed by atoms with E-state index in [1.807, 2.05) is 28.8 Å². The molecule has 0 saturated heterocycles. The highest BCUT2D eigenvalue weighted by molar-refractivity contribution is 9.10. The van der Waals surface area contributed by atoms with Crippen LogP contribution in [0.4, 0.5) is 0 Å². The molecule has 144 valence electrons. The monoisotopic (exact) mass is 457 g/mol. The van der Waals surface area contributed by atoms with Crippen LogP contribution in [0.15, 0.2) is 41.0 Å². The zero-order valence-electron chi connectivity index (χ0n) is 15.9. The molecule has 0 aliphatic carbocycles. The number of carbonyl (C=O) groups is 1. The molecular formula is C20H20BrN5OS. The Bertz CT molecular complexity index is 1140. The molecule has 0 radical (unpaired) electrons. The number of pyridine rings is 1. The van der Waals surface area contributed by atoms with Gasteiger partial charge in [-0.3, -0.25) is 9.20 Å². The number of para-hydroxylation sites is 1. The molecule has 8 heteroatoms. The van der Waals surface area contributed by atoms with E-state index in [0.29, 0.717) is 24.2 Å². The Morgan fingerprint density at radius 1 is 1.25 bits per heavy atom. The van der Waals surface area contributed by atoms with E-state index in [1.54, 1.807) is 17.4 Å². The van der Waals surface area contributed by atoms with E-state index >= 15 is 0 Å². The predicted molar refractivity (Wildman–Crippen MR) is 115 cm³/mol. The Balaban J connectivity index is 1.53. The van der Waals surface area contributed by atoms with Gasteiger partial charge < -0.3 is 5.32 Å².